The third-order valence-electron chi connectivity index (χ3n) is 3.49. The van der Waals surface area contributed by atoms with Gasteiger partial charge in [0.2, 0.25) is 0 Å². The van der Waals surface area contributed by atoms with Crippen LogP contribution in [0, 0.1) is 0 Å². The molecule has 2 unspecified atom stereocenters. The van der Waals surface area contributed by atoms with E-state index in [0.717, 1.165) is 25.2 Å². The molecule has 1 fully saturated rings. The zero-order chi connectivity index (χ0) is 13.7. The van der Waals surface area contributed by atoms with Gasteiger partial charge in [0, 0.05) is 27.8 Å². The Kier molecular flexibility index (Phi) is 6.20. The van der Waals surface area contributed by atoms with Crippen LogP contribution in [0.15, 0.2) is 27.6 Å². The van der Waals surface area contributed by atoms with Crippen LogP contribution >= 0.6 is 27.7 Å². The van der Waals surface area contributed by atoms with Crippen LogP contribution in [0.1, 0.15) is 31.7 Å². The van der Waals surface area contributed by atoms with E-state index in [2.05, 4.69) is 41.1 Å². The largest absolute Gasteiger partial charge is 0.377 e. The lowest BCUT2D eigenvalue weighted by atomic mass is 10.1. The first kappa shape index (κ1) is 15.4. The second kappa shape index (κ2) is 7.67. The van der Waals surface area contributed by atoms with Crippen LogP contribution in [0.25, 0.3) is 0 Å². The van der Waals surface area contributed by atoms with Gasteiger partial charge >= 0.3 is 0 Å². The van der Waals surface area contributed by atoms with Crippen LogP contribution < -0.4 is 5.73 Å². The van der Waals surface area contributed by atoms with Crippen LogP contribution in [-0.2, 0) is 11.2 Å². The topological polar surface area (TPSA) is 35.2 Å². The van der Waals surface area contributed by atoms with Crippen LogP contribution in [0.3, 0.4) is 0 Å². The molecule has 0 bridgehead atoms. The molecule has 0 spiro atoms. The van der Waals surface area contributed by atoms with Gasteiger partial charge in [0.15, 0.2) is 0 Å². The number of thioether (sulfide) groups is 1. The predicted molar refractivity (Wildman–Crippen MR) is 85.8 cm³/mol. The molecule has 0 amide bonds. The van der Waals surface area contributed by atoms with E-state index in [1.807, 2.05) is 11.8 Å². The number of hydrogen-bond donors (Lipinski definition) is 1. The zero-order valence-electron chi connectivity index (χ0n) is 11.4. The summed E-state index contributed by atoms with van der Waals surface area (Å²) in [7, 11) is 0. The second-order valence-electron chi connectivity index (χ2n) is 5.07. The Labute approximate surface area is 128 Å². The molecule has 2 atom stereocenters. The maximum atomic E-state index is 6.01. The zero-order valence-corrected chi connectivity index (χ0v) is 13.8. The van der Waals surface area contributed by atoms with Crippen molar-refractivity contribution in [2.45, 2.75) is 49.6 Å². The highest BCUT2D eigenvalue weighted by molar-refractivity contribution is 9.10. The van der Waals surface area contributed by atoms with Crippen LogP contribution in [0.5, 0.6) is 0 Å². The maximum Gasteiger partial charge on any atom is 0.0669 e. The Morgan fingerprint density at radius 2 is 2.37 bits per heavy atom. The average molecular weight is 344 g/mol. The molecule has 19 heavy (non-hydrogen) atoms. The van der Waals surface area contributed by atoms with Crippen molar-refractivity contribution in [2.24, 2.45) is 5.73 Å². The van der Waals surface area contributed by atoms with Crippen LogP contribution in [-0.4, -0.2) is 24.5 Å². The fourth-order valence-corrected chi connectivity index (χ4v) is 3.87. The average Bonchev–Trinajstić information content (AvgIpc) is 2.92. The molecule has 0 saturated carbocycles. The SMILES string of the molecule is CCC(N)Cc1ccc(SCC2CCCO2)cc1Br. The van der Waals surface area contributed by atoms with Gasteiger partial charge in [-0.25, -0.2) is 0 Å². The molecule has 1 aromatic rings. The van der Waals surface area contributed by atoms with E-state index in [1.54, 1.807) is 0 Å². The predicted octanol–water partition coefficient (Wildman–Crippen LogP) is 4.00. The van der Waals surface area contributed by atoms with Crippen molar-refractivity contribution >= 4 is 27.7 Å². The van der Waals surface area contributed by atoms with Crippen molar-refractivity contribution in [1.29, 1.82) is 0 Å². The highest BCUT2D eigenvalue weighted by Crippen LogP contribution is 2.28. The quantitative estimate of drug-likeness (QED) is 0.793. The highest BCUT2D eigenvalue weighted by Gasteiger charge is 2.15. The van der Waals surface area contributed by atoms with Gasteiger partial charge in [0.05, 0.1) is 6.10 Å². The van der Waals surface area contributed by atoms with Gasteiger partial charge in [-0.3, -0.25) is 0 Å². The molecule has 0 aliphatic carbocycles. The molecule has 1 saturated heterocycles. The van der Waals surface area contributed by atoms with Crippen LogP contribution in [0.4, 0.5) is 0 Å². The third-order valence-corrected chi connectivity index (χ3v) is 5.35. The van der Waals surface area contributed by atoms with E-state index in [4.69, 9.17) is 10.5 Å². The van der Waals surface area contributed by atoms with Crippen molar-refractivity contribution < 1.29 is 4.74 Å². The van der Waals surface area contributed by atoms with Gasteiger partial charge in [0.1, 0.15) is 0 Å². The Balaban J connectivity index is 1.90. The van der Waals surface area contributed by atoms with Crippen LogP contribution in [0.2, 0.25) is 0 Å². The first-order chi connectivity index (χ1) is 9.19. The minimum atomic E-state index is 0.252. The first-order valence-corrected chi connectivity index (χ1v) is 8.75. The minimum Gasteiger partial charge on any atom is -0.377 e. The van der Waals surface area contributed by atoms with Gasteiger partial charge in [-0.15, -0.1) is 11.8 Å². The molecule has 0 radical (unpaired) electrons. The summed E-state index contributed by atoms with van der Waals surface area (Å²) in [5.41, 5.74) is 7.31. The Morgan fingerprint density at radius 3 is 3.00 bits per heavy atom. The number of halogens is 1. The fourth-order valence-electron chi connectivity index (χ4n) is 2.18. The van der Waals surface area contributed by atoms with E-state index in [9.17, 15) is 0 Å². The number of benzene rings is 1. The van der Waals surface area contributed by atoms with Gasteiger partial charge in [-0.1, -0.05) is 28.9 Å². The summed E-state index contributed by atoms with van der Waals surface area (Å²) in [4.78, 5) is 1.30. The molecule has 1 aromatic carbocycles. The molecular weight excluding hydrogens is 322 g/mol. The molecular formula is C15H22BrNOS. The van der Waals surface area contributed by atoms with E-state index in [1.165, 1.54) is 27.8 Å². The lowest BCUT2D eigenvalue weighted by Gasteiger charge is -2.12. The van der Waals surface area contributed by atoms with Gasteiger partial charge in [0.25, 0.3) is 0 Å². The normalized spacial score (nSPS) is 20.7. The summed E-state index contributed by atoms with van der Waals surface area (Å²) in [5, 5.41) is 0. The van der Waals surface area contributed by atoms with Gasteiger partial charge in [-0.05, 0) is 43.4 Å². The lowest BCUT2D eigenvalue weighted by Crippen LogP contribution is -2.21. The van der Waals surface area contributed by atoms with E-state index >= 15 is 0 Å². The fraction of sp³-hybridized carbons (Fsp3) is 0.600. The van der Waals surface area contributed by atoms with Gasteiger partial charge < -0.3 is 10.5 Å². The van der Waals surface area contributed by atoms with Crippen molar-refractivity contribution in [2.75, 3.05) is 12.4 Å². The molecule has 2 rings (SSSR count). The molecule has 2 N–H and O–H groups in total. The molecule has 1 aliphatic rings. The van der Waals surface area contributed by atoms with E-state index in [-0.39, 0.29) is 6.04 Å². The van der Waals surface area contributed by atoms with Crippen molar-refractivity contribution in [1.82, 2.24) is 0 Å². The van der Waals surface area contributed by atoms with Crippen molar-refractivity contribution in [3.05, 3.63) is 28.2 Å². The Hall–Kier alpha value is -0.0300. The summed E-state index contributed by atoms with van der Waals surface area (Å²) in [6.07, 6.45) is 4.81. The van der Waals surface area contributed by atoms with E-state index < -0.39 is 0 Å². The second-order valence-corrected chi connectivity index (χ2v) is 7.02. The maximum absolute atomic E-state index is 6.01. The monoisotopic (exact) mass is 343 g/mol. The number of rotatable bonds is 6. The van der Waals surface area contributed by atoms with Crippen molar-refractivity contribution in [3.8, 4) is 0 Å². The van der Waals surface area contributed by atoms with Crippen molar-refractivity contribution in [3.63, 3.8) is 0 Å². The molecule has 2 nitrogen and oxygen atoms in total. The molecule has 1 aliphatic heterocycles. The summed E-state index contributed by atoms with van der Waals surface area (Å²) in [6.45, 7) is 3.06. The number of ether oxygens (including phenoxy) is 1. The third kappa shape index (κ3) is 4.78. The Bertz CT molecular complexity index is 407. The standard InChI is InChI=1S/C15H22BrNOS/c1-2-12(17)8-11-5-6-14(9-15(11)16)19-10-13-4-3-7-18-13/h5-6,9,12-13H,2-4,7-8,10,17H2,1H3. The number of hydrogen-bond acceptors (Lipinski definition) is 3. The summed E-state index contributed by atoms with van der Waals surface area (Å²) in [5.74, 6) is 1.06. The lowest BCUT2D eigenvalue weighted by molar-refractivity contribution is 0.129. The molecule has 0 aromatic heterocycles. The van der Waals surface area contributed by atoms with Gasteiger partial charge in [-0.2, -0.15) is 0 Å². The smallest absolute Gasteiger partial charge is 0.0669 e. The highest BCUT2D eigenvalue weighted by atomic mass is 79.9. The van der Waals surface area contributed by atoms with E-state index in [0.29, 0.717) is 6.10 Å². The molecule has 106 valence electrons. The summed E-state index contributed by atoms with van der Waals surface area (Å²) < 4.78 is 6.82. The minimum absolute atomic E-state index is 0.252. The molecule has 4 heteroatoms. The molecule has 1 heterocycles. The number of nitrogens with two attached hydrogens (primary N) is 1. The summed E-state index contributed by atoms with van der Waals surface area (Å²) in [6, 6.07) is 6.85. The Morgan fingerprint density at radius 1 is 1.53 bits per heavy atom. The summed E-state index contributed by atoms with van der Waals surface area (Å²) >= 11 is 5.54. The first-order valence-electron chi connectivity index (χ1n) is 6.97.